The minimum atomic E-state index is -3.54. The van der Waals surface area contributed by atoms with Crippen LogP contribution in [0, 0.1) is 26.7 Å². The molecule has 0 aliphatic carbocycles. The van der Waals surface area contributed by atoms with E-state index in [0.717, 1.165) is 32.0 Å². The highest BCUT2D eigenvalue weighted by Gasteiger charge is 2.32. The number of benzene rings is 2. The maximum absolute atomic E-state index is 13.0. The summed E-state index contributed by atoms with van der Waals surface area (Å²) in [5.74, 6) is -0.256. The Morgan fingerprint density at radius 3 is 2.50 bits per heavy atom. The van der Waals surface area contributed by atoms with Crippen LogP contribution in [-0.4, -0.2) is 36.7 Å². The highest BCUT2D eigenvalue weighted by molar-refractivity contribution is 7.89. The van der Waals surface area contributed by atoms with Crippen LogP contribution in [0.4, 0.5) is 5.69 Å². The molecule has 0 saturated carbocycles. The number of anilines is 1. The van der Waals surface area contributed by atoms with Crippen LogP contribution in [0.5, 0.6) is 0 Å². The van der Waals surface area contributed by atoms with Crippen LogP contribution in [0.3, 0.4) is 0 Å². The molecule has 4 rings (SSSR count). The standard InChI is InChI=1S/C22H25N3O3S2/c1-14-4-6-19(12-15(14)2)30(27,28)25-10-8-17(9-11-25)22(26)24-18-5-7-20-21(13-18)29-16(3)23-20/h4-7,12-13,17H,8-11H2,1-3H3,(H,24,26). The number of nitrogens with one attached hydrogen (secondary N) is 1. The molecule has 158 valence electrons. The lowest BCUT2D eigenvalue weighted by atomic mass is 9.97. The van der Waals surface area contributed by atoms with Gasteiger partial charge in [0.1, 0.15) is 0 Å². The smallest absolute Gasteiger partial charge is 0.243 e. The molecule has 2 heterocycles. The minimum absolute atomic E-state index is 0.0567. The Morgan fingerprint density at radius 1 is 1.07 bits per heavy atom. The van der Waals surface area contributed by atoms with Gasteiger partial charge < -0.3 is 5.32 Å². The van der Waals surface area contributed by atoms with Crippen LogP contribution >= 0.6 is 11.3 Å². The molecule has 1 amide bonds. The predicted octanol–water partition coefficient (Wildman–Crippen LogP) is 4.26. The number of fused-ring (bicyclic) bond motifs is 1. The van der Waals surface area contributed by atoms with Gasteiger partial charge in [0.2, 0.25) is 15.9 Å². The normalized spacial score (nSPS) is 16.1. The number of rotatable bonds is 4. The summed E-state index contributed by atoms with van der Waals surface area (Å²) >= 11 is 1.60. The highest BCUT2D eigenvalue weighted by Crippen LogP contribution is 2.28. The van der Waals surface area contributed by atoms with Gasteiger partial charge >= 0.3 is 0 Å². The Bertz CT molecular complexity index is 1210. The van der Waals surface area contributed by atoms with Gasteiger partial charge in [0.25, 0.3) is 0 Å². The zero-order valence-electron chi connectivity index (χ0n) is 17.3. The van der Waals surface area contributed by atoms with Crippen LogP contribution in [-0.2, 0) is 14.8 Å². The second-order valence-electron chi connectivity index (χ2n) is 7.83. The van der Waals surface area contributed by atoms with E-state index in [9.17, 15) is 13.2 Å². The van der Waals surface area contributed by atoms with Gasteiger partial charge in [0, 0.05) is 24.7 Å². The van der Waals surface area contributed by atoms with E-state index < -0.39 is 10.0 Å². The zero-order valence-corrected chi connectivity index (χ0v) is 18.9. The van der Waals surface area contributed by atoms with Gasteiger partial charge in [0.05, 0.1) is 20.1 Å². The van der Waals surface area contributed by atoms with E-state index >= 15 is 0 Å². The maximum atomic E-state index is 13.0. The number of sulfonamides is 1. The third-order valence-electron chi connectivity index (χ3n) is 5.70. The highest BCUT2D eigenvalue weighted by atomic mass is 32.2. The van der Waals surface area contributed by atoms with E-state index in [1.807, 2.05) is 45.0 Å². The summed E-state index contributed by atoms with van der Waals surface area (Å²) in [4.78, 5) is 17.5. The fraction of sp³-hybridized carbons (Fsp3) is 0.364. The van der Waals surface area contributed by atoms with Crippen molar-refractivity contribution in [2.24, 2.45) is 5.92 Å². The fourth-order valence-electron chi connectivity index (χ4n) is 3.74. The SMILES string of the molecule is Cc1nc2ccc(NC(=O)C3CCN(S(=O)(=O)c4ccc(C)c(C)c4)CC3)cc2s1. The predicted molar refractivity (Wildman–Crippen MR) is 120 cm³/mol. The maximum Gasteiger partial charge on any atom is 0.243 e. The number of amides is 1. The largest absolute Gasteiger partial charge is 0.326 e. The third kappa shape index (κ3) is 4.12. The van der Waals surface area contributed by atoms with E-state index in [-0.39, 0.29) is 11.8 Å². The Balaban J connectivity index is 1.40. The summed E-state index contributed by atoms with van der Waals surface area (Å²) in [5.41, 5.74) is 3.70. The molecule has 0 unspecified atom stereocenters. The fourth-order valence-corrected chi connectivity index (χ4v) is 6.17. The molecule has 1 aliphatic rings. The van der Waals surface area contributed by atoms with Crippen LogP contribution in [0.2, 0.25) is 0 Å². The van der Waals surface area contributed by atoms with Crippen molar-refractivity contribution in [3.63, 3.8) is 0 Å². The van der Waals surface area contributed by atoms with Gasteiger partial charge in [-0.05, 0) is 75.1 Å². The number of aryl methyl sites for hydroxylation is 3. The molecule has 1 N–H and O–H groups in total. The van der Waals surface area contributed by atoms with E-state index in [1.165, 1.54) is 4.31 Å². The number of carbonyl (C=O) groups excluding carboxylic acids is 1. The number of thiazole rings is 1. The molecule has 1 fully saturated rings. The summed E-state index contributed by atoms with van der Waals surface area (Å²) in [6, 6.07) is 10.9. The lowest BCUT2D eigenvalue weighted by molar-refractivity contribution is -0.120. The van der Waals surface area contributed by atoms with Crippen molar-refractivity contribution in [2.75, 3.05) is 18.4 Å². The summed E-state index contributed by atoms with van der Waals surface area (Å²) in [6.45, 7) is 6.53. The van der Waals surface area contributed by atoms with E-state index in [2.05, 4.69) is 10.3 Å². The van der Waals surface area contributed by atoms with Gasteiger partial charge in [0.15, 0.2) is 0 Å². The number of carbonyl (C=O) groups is 1. The van der Waals surface area contributed by atoms with Crippen molar-refractivity contribution in [2.45, 2.75) is 38.5 Å². The Morgan fingerprint density at radius 2 is 1.80 bits per heavy atom. The van der Waals surface area contributed by atoms with E-state index in [1.54, 1.807) is 23.5 Å². The number of hydrogen-bond donors (Lipinski definition) is 1. The number of nitrogens with zero attached hydrogens (tertiary/aromatic N) is 2. The molecule has 1 saturated heterocycles. The average molecular weight is 444 g/mol. The van der Waals surface area contributed by atoms with E-state index in [0.29, 0.717) is 30.8 Å². The summed E-state index contributed by atoms with van der Waals surface area (Å²) in [5, 5.41) is 3.98. The molecular weight excluding hydrogens is 418 g/mol. The number of aromatic nitrogens is 1. The van der Waals surface area contributed by atoms with Gasteiger partial charge in [-0.25, -0.2) is 13.4 Å². The molecule has 0 bridgehead atoms. The van der Waals surface area contributed by atoms with Crippen LogP contribution in [0.15, 0.2) is 41.3 Å². The number of piperidine rings is 1. The molecule has 0 atom stereocenters. The van der Waals surface area contributed by atoms with Gasteiger partial charge in [-0.15, -0.1) is 11.3 Å². The van der Waals surface area contributed by atoms with Crippen molar-refractivity contribution in [3.8, 4) is 0 Å². The van der Waals surface area contributed by atoms with E-state index in [4.69, 9.17) is 0 Å². The molecule has 8 heteroatoms. The first kappa shape index (κ1) is 21.0. The zero-order chi connectivity index (χ0) is 21.5. The van der Waals surface area contributed by atoms with Gasteiger partial charge in [-0.1, -0.05) is 6.07 Å². The Hall–Kier alpha value is -2.29. The van der Waals surface area contributed by atoms with Crippen molar-refractivity contribution in [3.05, 3.63) is 52.5 Å². The Kier molecular flexibility index (Phi) is 5.65. The second kappa shape index (κ2) is 8.09. The average Bonchev–Trinajstić information content (AvgIpc) is 3.09. The second-order valence-corrected chi connectivity index (χ2v) is 11.0. The lowest BCUT2D eigenvalue weighted by Crippen LogP contribution is -2.41. The first-order valence-electron chi connectivity index (χ1n) is 9.99. The van der Waals surface area contributed by atoms with Crippen LogP contribution < -0.4 is 5.32 Å². The monoisotopic (exact) mass is 443 g/mol. The molecule has 6 nitrogen and oxygen atoms in total. The molecule has 1 aromatic heterocycles. The lowest BCUT2D eigenvalue weighted by Gasteiger charge is -2.30. The summed E-state index contributed by atoms with van der Waals surface area (Å²) < 4.78 is 28.5. The van der Waals surface area contributed by atoms with Crippen molar-refractivity contribution in [1.82, 2.24) is 9.29 Å². The molecule has 30 heavy (non-hydrogen) atoms. The van der Waals surface area contributed by atoms with Gasteiger partial charge in [-0.2, -0.15) is 4.31 Å². The van der Waals surface area contributed by atoms with Crippen LogP contribution in [0.1, 0.15) is 29.0 Å². The van der Waals surface area contributed by atoms with Crippen molar-refractivity contribution < 1.29 is 13.2 Å². The molecule has 2 aromatic carbocycles. The quantitative estimate of drug-likeness (QED) is 0.653. The first-order valence-corrected chi connectivity index (χ1v) is 12.2. The number of hydrogen-bond acceptors (Lipinski definition) is 5. The summed E-state index contributed by atoms with van der Waals surface area (Å²) in [6.07, 6.45) is 1.02. The van der Waals surface area contributed by atoms with Crippen molar-refractivity contribution in [1.29, 1.82) is 0 Å². The third-order valence-corrected chi connectivity index (χ3v) is 8.53. The molecule has 3 aromatic rings. The molecule has 0 spiro atoms. The molecule has 0 radical (unpaired) electrons. The first-order chi connectivity index (χ1) is 14.2. The Labute approximate surface area is 181 Å². The molecule has 1 aliphatic heterocycles. The van der Waals surface area contributed by atoms with Crippen molar-refractivity contribution >= 4 is 43.2 Å². The van der Waals surface area contributed by atoms with Gasteiger partial charge in [-0.3, -0.25) is 4.79 Å². The molecular formula is C22H25N3O3S2. The minimum Gasteiger partial charge on any atom is -0.326 e. The van der Waals surface area contributed by atoms with Crippen LogP contribution in [0.25, 0.3) is 10.2 Å². The topological polar surface area (TPSA) is 79.4 Å². The summed E-state index contributed by atoms with van der Waals surface area (Å²) in [7, 11) is -3.54.